The van der Waals surface area contributed by atoms with Crippen LogP contribution in [0, 0.1) is 6.92 Å². The molecule has 0 unspecified atom stereocenters. The Kier molecular flexibility index (Phi) is 8.08. The first-order valence-corrected chi connectivity index (χ1v) is 10.8. The van der Waals surface area contributed by atoms with Crippen molar-refractivity contribution in [3.63, 3.8) is 0 Å². The van der Waals surface area contributed by atoms with E-state index in [2.05, 4.69) is 5.32 Å². The highest BCUT2D eigenvalue weighted by Crippen LogP contribution is 2.30. The molecule has 0 radical (unpaired) electrons. The van der Waals surface area contributed by atoms with Crippen molar-refractivity contribution in [1.82, 2.24) is 9.62 Å². The molecule has 0 aromatic heterocycles. The zero-order valence-corrected chi connectivity index (χ0v) is 18.7. The van der Waals surface area contributed by atoms with Gasteiger partial charge in [-0.1, -0.05) is 18.2 Å². The van der Waals surface area contributed by atoms with Crippen molar-refractivity contribution in [1.29, 1.82) is 0 Å². The van der Waals surface area contributed by atoms with Gasteiger partial charge >= 0.3 is 0 Å². The molecule has 0 saturated heterocycles. The normalized spacial score (nSPS) is 12.3. The molecule has 1 N–H and O–H groups in total. The van der Waals surface area contributed by atoms with E-state index in [0.717, 1.165) is 15.6 Å². The van der Waals surface area contributed by atoms with Crippen LogP contribution in [0.5, 0.6) is 17.2 Å². The van der Waals surface area contributed by atoms with E-state index in [1.807, 2.05) is 31.2 Å². The molecule has 0 heterocycles. The largest absolute Gasteiger partial charge is 0.493 e. The molecule has 2 rings (SSSR count). The highest BCUT2D eigenvalue weighted by atomic mass is 32.2. The topological polar surface area (TPSA) is 94.2 Å². The molecule has 30 heavy (non-hydrogen) atoms. The average Bonchev–Trinajstić information content (AvgIpc) is 2.72. The van der Waals surface area contributed by atoms with E-state index in [9.17, 15) is 13.2 Å². The highest BCUT2D eigenvalue weighted by molar-refractivity contribution is 7.89. The second-order valence-electron chi connectivity index (χ2n) is 6.82. The second kappa shape index (κ2) is 10.3. The minimum atomic E-state index is -3.88. The predicted octanol–water partition coefficient (Wildman–Crippen LogP) is 2.22. The molecule has 0 aliphatic carbocycles. The third-order valence-corrected chi connectivity index (χ3v) is 6.22. The summed E-state index contributed by atoms with van der Waals surface area (Å²) >= 11 is 0. The van der Waals surface area contributed by atoms with Gasteiger partial charge in [0, 0.05) is 13.1 Å². The van der Waals surface area contributed by atoms with Crippen LogP contribution in [0.1, 0.15) is 12.5 Å². The van der Waals surface area contributed by atoms with Crippen molar-refractivity contribution in [2.45, 2.75) is 24.8 Å². The summed E-state index contributed by atoms with van der Waals surface area (Å²) in [6.45, 7) is 3.67. The van der Waals surface area contributed by atoms with Crippen molar-refractivity contribution in [2.24, 2.45) is 0 Å². The zero-order valence-electron chi connectivity index (χ0n) is 17.8. The van der Waals surface area contributed by atoms with Crippen LogP contribution < -0.4 is 19.5 Å². The number of amides is 1. The lowest BCUT2D eigenvalue weighted by Gasteiger charge is -2.20. The summed E-state index contributed by atoms with van der Waals surface area (Å²) in [7, 11) is 0.352. The van der Waals surface area contributed by atoms with Gasteiger partial charge in [0.15, 0.2) is 11.5 Å². The zero-order chi connectivity index (χ0) is 22.3. The molecule has 9 heteroatoms. The quantitative estimate of drug-likeness (QED) is 0.614. The fourth-order valence-electron chi connectivity index (χ4n) is 2.74. The van der Waals surface area contributed by atoms with Gasteiger partial charge in [0.2, 0.25) is 15.9 Å². The summed E-state index contributed by atoms with van der Waals surface area (Å²) in [4.78, 5) is 12.3. The third kappa shape index (κ3) is 5.87. The fourth-order valence-corrected chi connectivity index (χ4v) is 3.88. The first-order chi connectivity index (χ1) is 14.2. The highest BCUT2D eigenvalue weighted by Gasteiger charge is 2.25. The Hall–Kier alpha value is -2.78. The average molecular weight is 437 g/mol. The number of methoxy groups -OCH3 is 2. The third-order valence-electron chi connectivity index (χ3n) is 4.42. The van der Waals surface area contributed by atoms with Crippen molar-refractivity contribution in [2.75, 3.05) is 34.4 Å². The Morgan fingerprint density at radius 3 is 2.37 bits per heavy atom. The van der Waals surface area contributed by atoms with E-state index in [4.69, 9.17) is 14.2 Å². The Morgan fingerprint density at radius 1 is 1.07 bits per heavy atom. The van der Waals surface area contributed by atoms with Gasteiger partial charge in [-0.2, -0.15) is 4.31 Å². The van der Waals surface area contributed by atoms with Gasteiger partial charge in [-0.15, -0.1) is 0 Å². The summed E-state index contributed by atoms with van der Waals surface area (Å²) in [5.74, 6) is 1.02. The van der Waals surface area contributed by atoms with Crippen LogP contribution in [0.15, 0.2) is 47.4 Å². The van der Waals surface area contributed by atoms with Crippen LogP contribution in [0.25, 0.3) is 0 Å². The minimum Gasteiger partial charge on any atom is -0.493 e. The molecule has 1 atom stereocenters. The summed E-state index contributed by atoms with van der Waals surface area (Å²) < 4.78 is 42.6. The summed E-state index contributed by atoms with van der Waals surface area (Å²) in [5, 5.41) is 2.75. The summed E-state index contributed by atoms with van der Waals surface area (Å²) in [6.07, 6.45) is 0. The molecule has 2 aromatic carbocycles. The monoisotopic (exact) mass is 436 g/mol. The first-order valence-electron chi connectivity index (χ1n) is 9.35. The number of likely N-dealkylation sites (N-methyl/N-ethyl adjacent to an activating group) is 1. The Bertz CT molecular complexity index is 977. The number of aryl methyl sites for hydroxylation is 1. The SMILES string of the molecule is COc1ccc(S(=O)(=O)N(C)CC(=O)N[C@H](C)COc2ccccc2C)cc1OC. The molecule has 0 fully saturated rings. The summed E-state index contributed by atoms with van der Waals surface area (Å²) in [6, 6.07) is 11.6. The number of nitrogens with zero attached hydrogens (tertiary/aromatic N) is 1. The molecule has 0 spiro atoms. The minimum absolute atomic E-state index is 0.00591. The number of para-hydroxylation sites is 1. The molecule has 0 saturated carbocycles. The number of rotatable bonds is 10. The van der Waals surface area contributed by atoms with Gasteiger partial charge in [-0.05, 0) is 37.6 Å². The molecule has 2 aromatic rings. The molecular weight excluding hydrogens is 408 g/mol. The van der Waals surface area contributed by atoms with Crippen LogP contribution in [-0.4, -0.2) is 59.1 Å². The Morgan fingerprint density at radius 2 is 1.73 bits per heavy atom. The number of sulfonamides is 1. The molecule has 0 bridgehead atoms. The van der Waals surface area contributed by atoms with Gasteiger partial charge in [-0.3, -0.25) is 4.79 Å². The number of benzene rings is 2. The van der Waals surface area contributed by atoms with Crippen molar-refractivity contribution in [3.8, 4) is 17.2 Å². The number of hydrogen-bond donors (Lipinski definition) is 1. The van der Waals surface area contributed by atoms with Gasteiger partial charge in [-0.25, -0.2) is 8.42 Å². The Labute approximate surface area is 177 Å². The molecule has 0 aliphatic heterocycles. The first kappa shape index (κ1) is 23.5. The number of ether oxygens (including phenoxy) is 3. The van der Waals surface area contributed by atoms with Crippen molar-refractivity contribution in [3.05, 3.63) is 48.0 Å². The lowest BCUT2D eigenvalue weighted by molar-refractivity contribution is -0.121. The Balaban J connectivity index is 1.96. The lowest BCUT2D eigenvalue weighted by Crippen LogP contribution is -2.43. The maximum atomic E-state index is 12.8. The van der Waals surface area contributed by atoms with Gasteiger partial charge in [0.25, 0.3) is 0 Å². The molecule has 1 amide bonds. The van der Waals surface area contributed by atoms with Crippen molar-refractivity contribution >= 4 is 15.9 Å². The molecule has 0 aliphatic rings. The molecular formula is C21H28N2O6S. The number of carbonyl (C=O) groups excluding carboxylic acids is 1. The summed E-state index contributed by atoms with van der Waals surface area (Å²) in [5.41, 5.74) is 0.997. The molecule has 8 nitrogen and oxygen atoms in total. The van der Waals surface area contributed by atoms with Gasteiger partial charge in [0.1, 0.15) is 12.4 Å². The van der Waals surface area contributed by atoms with E-state index in [1.165, 1.54) is 39.5 Å². The second-order valence-corrected chi connectivity index (χ2v) is 8.87. The number of carbonyl (C=O) groups is 1. The van der Waals surface area contributed by atoms with Gasteiger partial charge in [0.05, 0.1) is 31.7 Å². The maximum Gasteiger partial charge on any atom is 0.243 e. The van der Waals surface area contributed by atoms with Crippen LogP contribution >= 0.6 is 0 Å². The van der Waals surface area contributed by atoms with Crippen molar-refractivity contribution < 1.29 is 27.4 Å². The van der Waals surface area contributed by atoms with Crippen LogP contribution in [-0.2, 0) is 14.8 Å². The maximum absolute atomic E-state index is 12.8. The van der Waals surface area contributed by atoms with Crippen LogP contribution in [0.2, 0.25) is 0 Å². The molecule has 164 valence electrons. The van der Waals surface area contributed by atoms with Crippen LogP contribution in [0.3, 0.4) is 0 Å². The smallest absolute Gasteiger partial charge is 0.243 e. The van der Waals surface area contributed by atoms with E-state index in [0.29, 0.717) is 11.5 Å². The predicted molar refractivity (Wildman–Crippen MR) is 114 cm³/mol. The fraction of sp³-hybridized carbons (Fsp3) is 0.381. The van der Waals surface area contributed by atoms with E-state index in [-0.39, 0.29) is 24.1 Å². The number of nitrogens with one attached hydrogen (secondary N) is 1. The standard InChI is InChI=1S/C21H28N2O6S/c1-15-8-6-7-9-18(15)29-14-16(2)22-21(24)13-23(3)30(25,26)17-10-11-19(27-4)20(12-17)28-5/h6-12,16H,13-14H2,1-5H3,(H,22,24)/t16-/m1/s1. The van der Waals surface area contributed by atoms with Crippen LogP contribution in [0.4, 0.5) is 0 Å². The van der Waals surface area contributed by atoms with E-state index >= 15 is 0 Å². The number of hydrogen-bond acceptors (Lipinski definition) is 6. The van der Waals surface area contributed by atoms with Gasteiger partial charge < -0.3 is 19.5 Å². The lowest BCUT2D eigenvalue weighted by atomic mass is 10.2. The van der Waals surface area contributed by atoms with E-state index < -0.39 is 15.9 Å². The van der Waals surface area contributed by atoms with E-state index in [1.54, 1.807) is 6.92 Å².